The van der Waals surface area contributed by atoms with Gasteiger partial charge in [-0.05, 0) is 54.6 Å². The molecule has 3 rings (SSSR count). The summed E-state index contributed by atoms with van der Waals surface area (Å²) in [6, 6.07) is 17.3. The van der Waals surface area contributed by atoms with Crippen molar-refractivity contribution in [1.82, 2.24) is 5.43 Å². The van der Waals surface area contributed by atoms with Crippen LogP contribution in [0.25, 0.3) is 0 Å². The van der Waals surface area contributed by atoms with E-state index < -0.39 is 27.4 Å². The first-order valence-corrected chi connectivity index (χ1v) is 12.2. The second kappa shape index (κ2) is 11.8. The molecule has 192 valence electrons. The van der Waals surface area contributed by atoms with Crippen LogP contribution >= 0.6 is 0 Å². The van der Waals surface area contributed by atoms with Gasteiger partial charge in [-0.2, -0.15) is 5.10 Å². The van der Waals surface area contributed by atoms with E-state index in [-0.39, 0.29) is 27.7 Å². The van der Waals surface area contributed by atoms with Gasteiger partial charge in [-0.3, -0.25) is 24.0 Å². The molecule has 0 unspecified atom stereocenters. The highest BCUT2D eigenvalue weighted by atomic mass is 32.2. The lowest BCUT2D eigenvalue weighted by Gasteiger charge is -2.24. The third kappa shape index (κ3) is 6.89. The van der Waals surface area contributed by atoms with Crippen molar-refractivity contribution in [1.29, 1.82) is 0 Å². The first-order valence-electron chi connectivity index (χ1n) is 10.7. The Hall–Kier alpha value is -4.78. The van der Waals surface area contributed by atoms with Gasteiger partial charge in [-0.1, -0.05) is 12.1 Å². The molecular weight excluding hydrogens is 502 g/mol. The number of para-hydroxylation sites is 1. The minimum atomic E-state index is -4.23. The highest BCUT2D eigenvalue weighted by Crippen LogP contribution is 2.26. The number of hydrogen-bond acceptors (Lipinski definition) is 8. The number of anilines is 2. The number of amides is 2. The average Bonchev–Trinajstić information content (AvgIpc) is 2.87. The van der Waals surface area contributed by atoms with Gasteiger partial charge < -0.3 is 10.1 Å². The van der Waals surface area contributed by atoms with Crippen molar-refractivity contribution < 1.29 is 27.7 Å². The zero-order chi connectivity index (χ0) is 27.0. The largest absolute Gasteiger partial charge is 0.497 e. The lowest BCUT2D eigenvalue weighted by atomic mass is 10.2. The Morgan fingerprint density at radius 1 is 1.05 bits per heavy atom. The van der Waals surface area contributed by atoms with Crippen LogP contribution in [-0.2, 0) is 19.6 Å². The monoisotopic (exact) mass is 525 g/mol. The van der Waals surface area contributed by atoms with Crippen molar-refractivity contribution in [2.45, 2.75) is 11.8 Å². The highest BCUT2D eigenvalue weighted by molar-refractivity contribution is 7.92. The summed E-state index contributed by atoms with van der Waals surface area (Å²) in [6.07, 6.45) is 1.10. The van der Waals surface area contributed by atoms with Crippen molar-refractivity contribution in [3.8, 4) is 5.75 Å². The molecule has 2 amide bonds. The quantitative estimate of drug-likeness (QED) is 0.234. The fourth-order valence-corrected chi connectivity index (χ4v) is 4.63. The van der Waals surface area contributed by atoms with Crippen molar-refractivity contribution >= 4 is 45.1 Å². The summed E-state index contributed by atoms with van der Waals surface area (Å²) in [5, 5.41) is 17.4. The molecule has 0 aromatic heterocycles. The van der Waals surface area contributed by atoms with E-state index in [1.807, 2.05) is 0 Å². The molecule has 13 heteroatoms. The minimum absolute atomic E-state index is 0.117. The van der Waals surface area contributed by atoms with E-state index in [0.29, 0.717) is 11.4 Å². The fourth-order valence-electron chi connectivity index (χ4n) is 3.21. The molecule has 0 spiro atoms. The van der Waals surface area contributed by atoms with Crippen molar-refractivity contribution in [3.05, 3.63) is 88.5 Å². The molecule has 0 atom stereocenters. The van der Waals surface area contributed by atoms with E-state index in [2.05, 4.69) is 15.8 Å². The summed E-state index contributed by atoms with van der Waals surface area (Å²) in [7, 11) is -2.77. The molecule has 0 radical (unpaired) electrons. The van der Waals surface area contributed by atoms with E-state index in [0.717, 1.165) is 10.5 Å². The van der Waals surface area contributed by atoms with E-state index in [4.69, 9.17) is 4.74 Å². The van der Waals surface area contributed by atoms with Crippen LogP contribution in [0.2, 0.25) is 0 Å². The van der Waals surface area contributed by atoms with Gasteiger partial charge in [0.15, 0.2) is 0 Å². The summed E-state index contributed by atoms with van der Waals surface area (Å²) in [4.78, 5) is 34.4. The lowest BCUT2D eigenvalue weighted by Crippen LogP contribution is -2.39. The minimum Gasteiger partial charge on any atom is -0.497 e. The Labute approximate surface area is 212 Å². The van der Waals surface area contributed by atoms with E-state index in [1.165, 1.54) is 68.6 Å². The molecule has 0 saturated heterocycles. The highest BCUT2D eigenvalue weighted by Gasteiger charge is 2.27. The zero-order valence-electron chi connectivity index (χ0n) is 19.8. The van der Waals surface area contributed by atoms with Crippen molar-refractivity contribution in [3.63, 3.8) is 0 Å². The van der Waals surface area contributed by atoms with Gasteiger partial charge in [0.05, 0.1) is 34.4 Å². The van der Waals surface area contributed by atoms with Gasteiger partial charge in [0.1, 0.15) is 12.3 Å². The van der Waals surface area contributed by atoms with Gasteiger partial charge in [0, 0.05) is 18.7 Å². The zero-order valence-corrected chi connectivity index (χ0v) is 20.6. The number of nitro benzene ring substituents is 1. The predicted octanol–water partition coefficient (Wildman–Crippen LogP) is 2.91. The summed E-state index contributed by atoms with van der Waals surface area (Å²) in [5.41, 5.74) is 2.75. The molecule has 3 aromatic carbocycles. The normalized spacial score (nSPS) is 11.1. The maximum absolute atomic E-state index is 13.5. The van der Waals surface area contributed by atoms with Crippen LogP contribution in [-0.4, -0.2) is 45.0 Å². The molecule has 12 nitrogen and oxygen atoms in total. The van der Waals surface area contributed by atoms with Gasteiger partial charge >= 0.3 is 0 Å². The maximum atomic E-state index is 13.5. The van der Waals surface area contributed by atoms with E-state index in [9.17, 15) is 28.1 Å². The third-order valence-electron chi connectivity index (χ3n) is 4.94. The molecule has 2 N–H and O–H groups in total. The Balaban J connectivity index is 1.86. The number of benzene rings is 3. The van der Waals surface area contributed by atoms with Crippen LogP contribution in [0.5, 0.6) is 5.75 Å². The number of nitrogens with zero attached hydrogens (tertiary/aromatic N) is 3. The van der Waals surface area contributed by atoms with Gasteiger partial charge in [-0.25, -0.2) is 13.8 Å². The summed E-state index contributed by atoms with van der Waals surface area (Å²) < 4.78 is 33.0. The van der Waals surface area contributed by atoms with Crippen LogP contribution < -0.4 is 19.8 Å². The topological polar surface area (TPSA) is 160 Å². The van der Waals surface area contributed by atoms with Crippen LogP contribution in [0.15, 0.2) is 82.8 Å². The molecule has 0 fully saturated rings. The molecular formula is C24H23N5O7S. The Kier molecular flexibility index (Phi) is 8.53. The van der Waals surface area contributed by atoms with Crippen LogP contribution in [0, 0.1) is 10.1 Å². The first kappa shape index (κ1) is 26.8. The van der Waals surface area contributed by atoms with Crippen LogP contribution in [0.4, 0.5) is 17.1 Å². The molecule has 37 heavy (non-hydrogen) atoms. The SMILES string of the molecule is COc1ccc(N(CC(=O)N/N=C\c2ccccc2[N+](=O)[O-])S(=O)(=O)c2ccc(NC(C)=O)cc2)cc1. The number of carbonyl (C=O) groups excluding carboxylic acids is 2. The van der Waals surface area contributed by atoms with Gasteiger partial charge in [0.25, 0.3) is 21.6 Å². The molecule has 0 aliphatic rings. The number of carbonyl (C=O) groups is 2. The smallest absolute Gasteiger partial charge is 0.278 e. The fraction of sp³-hybridized carbons (Fsp3) is 0.125. The van der Waals surface area contributed by atoms with Crippen LogP contribution in [0.3, 0.4) is 0 Å². The maximum Gasteiger partial charge on any atom is 0.278 e. The van der Waals surface area contributed by atoms with Gasteiger partial charge in [-0.15, -0.1) is 0 Å². The Morgan fingerprint density at radius 3 is 2.30 bits per heavy atom. The molecule has 0 aliphatic carbocycles. The number of nitrogens with one attached hydrogen (secondary N) is 2. The van der Waals surface area contributed by atoms with E-state index >= 15 is 0 Å². The molecule has 0 heterocycles. The molecule has 0 bridgehead atoms. The Morgan fingerprint density at radius 2 is 1.70 bits per heavy atom. The average molecular weight is 526 g/mol. The number of hydrazone groups is 1. The number of methoxy groups -OCH3 is 1. The molecule has 0 aliphatic heterocycles. The Bertz CT molecular complexity index is 1420. The van der Waals surface area contributed by atoms with Crippen molar-refractivity contribution in [2.24, 2.45) is 5.10 Å². The number of ether oxygens (including phenoxy) is 1. The van der Waals surface area contributed by atoms with Gasteiger partial charge in [0.2, 0.25) is 5.91 Å². The molecule has 3 aromatic rings. The van der Waals surface area contributed by atoms with E-state index in [1.54, 1.807) is 18.2 Å². The number of nitro groups is 1. The second-order valence-electron chi connectivity index (χ2n) is 7.52. The summed E-state index contributed by atoms with van der Waals surface area (Å²) in [6.45, 7) is 0.684. The second-order valence-corrected chi connectivity index (χ2v) is 9.39. The summed E-state index contributed by atoms with van der Waals surface area (Å²) >= 11 is 0. The molecule has 0 saturated carbocycles. The summed E-state index contributed by atoms with van der Waals surface area (Å²) in [5.74, 6) is -0.614. The number of rotatable bonds is 10. The standard InChI is InChI=1S/C24H23N5O7S/c1-17(30)26-19-7-13-22(14-8-19)37(34,35)28(20-9-11-21(36-2)12-10-20)16-24(31)27-25-15-18-5-3-4-6-23(18)29(32)33/h3-15H,16H2,1-2H3,(H,26,30)(H,27,31)/b25-15-. The predicted molar refractivity (Wildman–Crippen MR) is 137 cm³/mol. The van der Waals surface area contributed by atoms with Crippen LogP contribution in [0.1, 0.15) is 12.5 Å². The lowest BCUT2D eigenvalue weighted by molar-refractivity contribution is -0.385. The number of hydrogen-bond donors (Lipinski definition) is 2. The third-order valence-corrected chi connectivity index (χ3v) is 6.72. The first-order chi connectivity index (χ1) is 17.6. The number of sulfonamides is 1. The van der Waals surface area contributed by atoms with Crippen molar-refractivity contribution in [2.75, 3.05) is 23.3 Å².